The summed E-state index contributed by atoms with van der Waals surface area (Å²) in [5.74, 6) is -1.18. The predicted molar refractivity (Wildman–Crippen MR) is 89.4 cm³/mol. The number of hydrogen-bond donors (Lipinski definition) is 2. The Labute approximate surface area is 139 Å². The van der Waals surface area contributed by atoms with Gasteiger partial charge in [0.25, 0.3) is 0 Å². The van der Waals surface area contributed by atoms with Crippen molar-refractivity contribution in [3.05, 3.63) is 0 Å². The molecule has 0 heterocycles. The molecule has 0 fully saturated rings. The minimum Gasteiger partial charge on any atom is -0.480 e. The summed E-state index contributed by atoms with van der Waals surface area (Å²) in [6, 6.07) is -1.14. The number of hydrogen-bond acceptors (Lipinski definition) is 3. The highest BCUT2D eigenvalue weighted by molar-refractivity contribution is 5.78. The first-order chi connectivity index (χ1) is 11.0. The number of rotatable bonds is 15. The van der Waals surface area contributed by atoms with Crippen LogP contribution in [0.3, 0.4) is 0 Å². The zero-order chi connectivity index (χ0) is 17.5. The highest BCUT2D eigenvalue weighted by Crippen LogP contribution is 2.11. The van der Waals surface area contributed by atoms with Gasteiger partial charge < -0.3 is 10.2 Å². The molecule has 0 bridgehead atoms. The molecule has 23 heavy (non-hydrogen) atoms. The molecule has 0 spiro atoms. The van der Waals surface area contributed by atoms with Crippen molar-refractivity contribution in [3.8, 4) is 0 Å². The van der Waals surface area contributed by atoms with Gasteiger partial charge in [0.15, 0.2) is 6.04 Å². The Morgan fingerprint density at radius 2 is 1.35 bits per heavy atom. The number of carboxylic acid groups (broad SMARTS) is 2. The first kappa shape index (κ1) is 21.7. The third-order valence-electron chi connectivity index (χ3n) is 3.87. The minimum absolute atomic E-state index is 0.180. The Balaban J connectivity index is 3.68. The Morgan fingerprint density at radius 1 is 0.870 bits per heavy atom. The smallest absolute Gasteiger partial charge is 0.432 e. The van der Waals surface area contributed by atoms with Crippen LogP contribution in [0.1, 0.15) is 84.5 Å². The van der Waals surface area contributed by atoms with E-state index >= 15 is 0 Å². The number of nitrogens with zero attached hydrogens (tertiary/aromatic N) is 1. The maximum atomic E-state index is 11.1. The van der Waals surface area contributed by atoms with E-state index in [1.165, 1.54) is 44.9 Å². The SMILES string of the molecule is CCCCCCCCCCCCON(C(=O)O)C(CC)C(=O)O. The molecule has 1 amide bonds. The number of hydroxylamine groups is 2. The van der Waals surface area contributed by atoms with Crippen LogP contribution in [-0.2, 0) is 9.63 Å². The summed E-state index contributed by atoms with van der Waals surface area (Å²) < 4.78 is 0. The van der Waals surface area contributed by atoms with E-state index in [0.717, 1.165) is 19.3 Å². The number of amides is 1. The molecule has 0 saturated heterocycles. The molecule has 0 aliphatic carbocycles. The molecular formula is C17H33NO5. The molecule has 0 aromatic heterocycles. The van der Waals surface area contributed by atoms with Gasteiger partial charge in [-0.1, -0.05) is 71.6 Å². The first-order valence-corrected chi connectivity index (χ1v) is 8.92. The van der Waals surface area contributed by atoms with E-state index in [1.807, 2.05) is 0 Å². The zero-order valence-electron chi connectivity index (χ0n) is 14.6. The van der Waals surface area contributed by atoms with Crippen LogP contribution in [0.15, 0.2) is 0 Å². The van der Waals surface area contributed by atoms with E-state index in [-0.39, 0.29) is 13.0 Å². The number of carbonyl (C=O) groups is 2. The van der Waals surface area contributed by atoms with Crippen molar-refractivity contribution in [3.63, 3.8) is 0 Å². The molecular weight excluding hydrogens is 298 g/mol. The summed E-state index contributed by atoms with van der Waals surface area (Å²) >= 11 is 0. The lowest BCUT2D eigenvalue weighted by Gasteiger charge is -2.24. The normalized spacial score (nSPS) is 12.1. The Morgan fingerprint density at radius 3 is 1.74 bits per heavy atom. The third-order valence-corrected chi connectivity index (χ3v) is 3.87. The second-order valence-corrected chi connectivity index (χ2v) is 5.89. The summed E-state index contributed by atoms with van der Waals surface area (Å²) in [6.07, 6.45) is 10.6. The number of aliphatic carboxylic acids is 1. The highest BCUT2D eigenvalue weighted by Gasteiger charge is 2.29. The lowest BCUT2D eigenvalue weighted by atomic mass is 10.1. The van der Waals surface area contributed by atoms with Gasteiger partial charge in [-0.15, -0.1) is 0 Å². The number of carboxylic acids is 1. The van der Waals surface area contributed by atoms with E-state index in [4.69, 9.17) is 15.1 Å². The van der Waals surface area contributed by atoms with E-state index in [2.05, 4.69) is 6.92 Å². The summed E-state index contributed by atoms with van der Waals surface area (Å²) in [4.78, 5) is 27.2. The topological polar surface area (TPSA) is 87.1 Å². The fourth-order valence-corrected chi connectivity index (χ4v) is 2.47. The standard InChI is InChI=1S/C17H33NO5/c1-3-5-6-7-8-9-10-11-12-13-14-23-18(17(21)22)15(4-2)16(19)20/h15H,3-14H2,1-2H3,(H,19,20)(H,21,22). The lowest BCUT2D eigenvalue weighted by Crippen LogP contribution is -2.44. The summed E-state index contributed by atoms with van der Waals surface area (Å²) in [5.41, 5.74) is 0. The molecule has 1 atom stereocenters. The first-order valence-electron chi connectivity index (χ1n) is 8.92. The van der Waals surface area contributed by atoms with E-state index in [1.54, 1.807) is 6.92 Å². The second kappa shape index (κ2) is 14.3. The van der Waals surface area contributed by atoms with Crippen molar-refractivity contribution < 1.29 is 24.6 Å². The van der Waals surface area contributed by atoms with Crippen molar-refractivity contribution in [2.45, 2.75) is 90.5 Å². The van der Waals surface area contributed by atoms with Gasteiger partial charge in [-0.2, -0.15) is 5.06 Å². The van der Waals surface area contributed by atoms with Gasteiger partial charge in [-0.3, -0.25) is 4.84 Å². The van der Waals surface area contributed by atoms with Crippen molar-refractivity contribution in [1.29, 1.82) is 0 Å². The summed E-state index contributed by atoms with van der Waals surface area (Å²) in [5, 5.41) is 18.6. The van der Waals surface area contributed by atoms with E-state index in [9.17, 15) is 9.59 Å². The van der Waals surface area contributed by atoms with Gasteiger partial charge in [-0.25, -0.2) is 9.59 Å². The maximum absolute atomic E-state index is 11.1. The molecule has 136 valence electrons. The molecule has 6 heteroatoms. The molecule has 0 radical (unpaired) electrons. The van der Waals surface area contributed by atoms with Crippen LogP contribution in [0, 0.1) is 0 Å². The quantitative estimate of drug-likeness (QED) is 0.336. The van der Waals surface area contributed by atoms with Gasteiger partial charge in [-0.05, 0) is 12.8 Å². The Bertz CT molecular complexity index is 322. The molecule has 0 rings (SSSR count). The second-order valence-electron chi connectivity index (χ2n) is 5.89. The maximum Gasteiger partial charge on any atom is 0.432 e. The Kier molecular flexibility index (Phi) is 13.5. The summed E-state index contributed by atoms with van der Waals surface area (Å²) in [7, 11) is 0. The number of unbranched alkanes of at least 4 members (excludes halogenated alkanes) is 9. The van der Waals surface area contributed by atoms with Gasteiger partial charge in [0.1, 0.15) is 0 Å². The van der Waals surface area contributed by atoms with Crippen molar-refractivity contribution >= 4 is 12.1 Å². The van der Waals surface area contributed by atoms with Crippen LogP contribution in [-0.4, -0.2) is 40.0 Å². The molecule has 0 aromatic carbocycles. The van der Waals surface area contributed by atoms with Gasteiger partial charge >= 0.3 is 12.1 Å². The van der Waals surface area contributed by atoms with Crippen molar-refractivity contribution in [2.24, 2.45) is 0 Å². The molecule has 0 aromatic rings. The molecule has 0 saturated carbocycles. The Hall–Kier alpha value is -1.30. The van der Waals surface area contributed by atoms with Crippen LogP contribution in [0.5, 0.6) is 0 Å². The monoisotopic (exact) mass is 331 g/mol. The van der Waals surface area contributed by atoms with E-state index < -0.39 is 18.1 Å². The zero-order valence-corrected chi connectivity index (χ0v) is 14.6. The van der Waals surface area contributed by atoms with Crippen LogP contribution in [0.2, 0.25) is 0 Å². The third kappa shape index (κ3) is 11.0. The van der Waals surface area contributed by atoms with Crippen LogP contribution in [0.4, 0.5) is 4.79 Å². The molecule has 2 N–H and O–H groups in total. The lowest BCUT2D eigenvalue weighted by molar-refractivity contribution is -0.180. The fraction of sp³-hybridized carbons (Fsp3) is 0.882. The highest BCUT2D eigenvalue weighted by atomic mass is 16.7. The molecule has 6 nitrogen and oxygen atoms in total. The predicted octanol–water partition coefficient (Wildman–Crippen LogP) is 4.68. The minimum atomic E-state index is -1.36. The van der Waals surface area contributed by atoms with Crippen LogP contribution in [0.25, 0.3) is 0 Å². The summed E-state index contributed by atoms with van der Waals surface area (Å²) in [6.45, 7) is 4.08. The van der Waals surface area contributed by atoms with Crippen LogP contribution < -0.4 is 0 Å². The van der Waals surface area contributed by atoms with E-state index in [0.29, 0.717) is 5.06 Å². The van der Waals surface area contributed by atoms with Crippen molar-refractivity contribution in [1.82, 2.24) is 5.06 Å². The fourth-order valence-electron chi connectivity index (χ4n) is 2.47. The molecule has 1 unspecified atom stereocenters. The van der Waals surface area contributed by atoms with Gasteiger partial charge in [0.05, 0.1) is 6.61 Å². The molecule has 0 aliphatic rings. The largest absolute Gasteiger partial charge is 0.480 e. The van der Waals surface area contributed by atoms with Gasteiger partial charge in [0.2, 0.25) is 0 Å². The average Bonchev–Trinajstić information content (AvgIpc) is 2.50. The van der Waals surface area contributed by atoms with Crippen LogP contribution >= 0.6 is 0 Å². The average molecular weight is 331 g/mol. The van der Waals surface area contributed by atoms with Crippen molar-refractivity contribution in [2.75, 3.05) is 6.61 Å². The molecule has 0 aliphatic heterocycles. The van der Waals surface area contributed by atoms with Gasteiger partial charge in [0, 0.05) is 0 Å².